The summed E-state index contributed by atoms with van der Waals surface area (Å²) in [4.78, 5) is 69.4. The molecule has 28 nitrogen and oxygen atoms in total. The molecule has 17 N–H and O–H groups in total. The summed E-state index contributed by atoms with van der Waals surface area (Å²) >= 11 is 0. The van der Waals surface area contributed by atoms with Gasteiger partial charge in [-0.25, -0.2) is 0 Å². The average Bonchev–Trinajstić information content (AvgIpc) is 2.44. The minimum absolute atomic E-state index is 0.0703. The lowest BCUT2D eigenvalue weighted by Crippen LogP contribution is -2.61. The summed E-state index contributed by atoms with van der Waals surface area (Å²) in [7, 11) is 0. The number of carboxylic acids is 5. The number of aliphatic hydroxyl groups excluding tert-OH is 9. The third kappa shape index (κ3) is 29.5. The van der Waals surface area contributed by atoms with Gasteiger partial charge in [0.05, 0.1) is 106 Å². The number of allylic oxidation sites excluding steroid dienone is 12. The van der Waals surface area contributed by atoms with E-state index in [-0.39, 0.29) is 44.7 Å². The van der Waals surface area contributed by atoms with Gasteiger partial charge in [-0.05, 0) is 33.1 Å². The predicted octanol–water partition coefficient (Wildman–Crippen LogP) is -1.36. The van der Waals surface area contributed by atoms with Gasteiger partial charge in [0.2, 0.25) is 0 Å². The average molecular weight is 1220 g/mol. The lowest BCUT2D eigenvalue weighted by atomic mass is 9.82. The number of carbonyl (C=O) groups excluding carboxylic acids is 1. The lowest BCUT2D eigenvalue weighted by molar-refractivity contribution is -0.308. The monoisotopic (exact) mass is 1220 g/mol. The standard InChI is InChI=1S/C47H73NO17.C10H16N2O8/c1-27-17-15-13-11-9-7-5-6-8-10-12-14-16-18-34(64-46-44(58)41(48)43(57)30(4)63-46)24-38-40(45(59)60)37(54)26-47(61,65-38)25-33(51)22-36(53)35(52)20-19-31(49)21-32(50)23-39(55)62-29(3)28(2)42(27)56;13-7(14)3-11(4-8(15)16)1-2-12(5-9(17)18)6-10(19)20/h5-18,27-38,40-44,46,49-54,56-58,61H,19-26,48H2,1-4H3,(H,59,60);1-6H2,(H,13,14)(H,15,16)(H,17,18)(H,19,20)/t27-,28-,29-,30+,31+,32+,33-,34-,35+,36+,37-,38-,40+,41-,42+,43+,44-,46-,47+;/m0./s1. The van der Waals surface area contributed by atoms with Crippen molar-refractivity contribution in [3.63, 3.8) is 0 Å². The molecule has 0 aromatic rings. The Bertz CT molecular complexity index is 2230. The van der Waals surface area contributed by atoms with Crippen molar-refractivity contribution in [2.75, 3.05) is 39.3 Å². The van der Waals surface area contributed by atoms with Gasteiger partial charge in [-0.3, -0.25) is 38.6 Å². The third-order valence-electron chi connectivity index (χ3n) is 14.2. The molecule has 2 bridgehead atoms. The minimum Gasteiger partial charge on any atom is -0.481 e. The van der Waals surface area contributed by atoms with E-state index in [2.05, 4.69) is 0 Å². The van der Waals surface area contributed by atoms with Crippen LogP contribution in [0.25, 0.3) is 0 Å². The molecule has 3 aliphatic heterocycles. The van der Waals surface area contributed by atoms with E-state index < -0.39 is 197 Å². The van der Waals surface area contributed by atoms with Crippen LogP contribution in [0.2, 0.25) is 0 Å². The van der Waals surface area contributed by atoms with Crippen LogP contribution in [0.4, 0.5) is 0 Å². The van der Waals surface area contributed by atoms with Crippen LogP contribution in [0.15, 0.2) is 85.1 Å². The maximum Gasteiger partial charge on any atom is 0.317 e. The zero-order valence-electron chi connectivity index (χ0n) is 48.1. The number of aliphatic carboxylic acids is 5. The molecular formula is C57H89N3O25. The number of aliphatic hydroxyl groups is 10. The molecule has 0 unspecified atom stereocenters. The number of cyclic esters (lactones) is 1. The van der Waals surface area contributed by atoms with Crippen LogP contribution >= 0.6 is 0 Å². The highest BCUT2D eigenvalue weighted by atomic mass is 16.7. The second-order valence-electron chi connectivity index (χ2n) is 21.6. The molecule has 0 saturated carbocycles. The van der Waals surface area contributed by atoms with Crippen molar-refractivity contribution in [3.05, 3.63) is 85.1 Å². The van der Waals surface area contributed by atoms with E-state index >= 15 is 0 Å². The van der Waals surface area contributed by atoms with Gasteiger partial charge in [-0.1, -0.05) is 98.9 Å². The summed E-state index contributed by atoms with van der Waals surface area (Å²) in [5.74, 6) is -11.7. The summed E-state index contributed by atoms with van der Waals surface area (Å²) in [5, 5.41) is 153. The molecule has 28 heteroatoms. The van der Waals surface area contributed by atoms with Crippen molar-refractivity contribution < 1.29 is 124 Å². The molecule has 19 atom stereocenters. The smallest absolute Gasteiger partial charge is 0.317 e. The Morgan fingerprint density at radius 2 is 1.06 bits per heavy atom. The van der Waals surface area contributed by atoms with Gasteiger partial charge in [0.25, 0.3) is 0 Å². The molecule has 0 spiro atoms. The Kier molecular flexibility index (Phi) is 34.2. The SMILES string of the molecule is C[C@@H]1[C@H](O)[C@@H](C)C=CC=CC=CC=CC=CC=CC=C[C@H](O[C@@H]2O[C@H](C)[C@@H](O)[C@H](N)[C@@H]2O)C[C@@H]2O[C@](O)(C[C@@H](O)C[C@@H](O)[C@H](O)CC[C@@H](O)C[C@@H](O)CC(=O)O[C@H]1C)C[C@H](O)[C@H]2C(=O)O.O=C(O)CN(CCN(CC(=O)O)CC(=O)O)CC(=O)O. The van der Waals surface area contributed by atoms with Gasteiger partial charge < -0.3 is 101 Å². The molecule has 3 rings (SSSR count). The fraction of sp³-hybridized carbons (Fsp3) is 0.649. The van der Waals surface area contributed by atoms with Crippen LogP contribution in [0.5, 0.6) is 0 Å². The van der Waals surface area contributed by atoms with Crippen molar-refractivity contribution >= 4 is 35.8 Å². The number of hydrogen-bond acceptors (Lipinski definition) is 23. The summed E-state index contributed by atoms with van der Waals surface area (Å²) in [6, 6.07) is -1.15. The van der Waals surface area contributed by atoms with E-state index in [1.54, 1.807) is 80.7 Å². The van der Waals surface area contributed by atoms with E-state index in [4.69, 9.17) is 45.1 Å². The molecule has 0 aromatic heterocycles. The Balaban J connectivity index is 0.00000104. The zero-order valence-corrected chi connectivity index (χ0v) is 48.1. The van der Waals surface area contributed by atoms with Gasteiger partial charge in [0.1, 0.15) is 18.1 Å². The van der Waals surface area contributed by atoms with Gasteiger partial charge in [-0.2, -0.15) is 0 Å². The van der Waals surface area contributed by atoms with Crippen molar-refractivity contribution in [1.82, 2.24) is 9.80 Å². The van der Waals surface area contributed by atoms with E-state index in [0.29, 0.717) is 0 Å². The quantitative estimate of drug-likeness (QED) is 0.0893. The van der Waals surface area contributed by atoms with Crippen molar-refractivity contribution in [3.8, 4) is 0 Å². The molecule has 0 amide bonds. The normalized spacial score (nSPS) is 34.7. The highest BCUT2D eigenvalue weighted by Gasteiger charge is 2.51. The summed E-state index contributed by atoms with van der Waals surface area (Å²) in [6.07, 6.45) is 3.46. The van der Waals surface area contributed by atoms with Crippen LogP contribution in [0, 0.1) is 17.8 Å². The number of carbonyl (C=O) groups is 6. The maximum atomic E-state index is 12.6. The van der Waals surface area contributed by atoms with E-state index in [9.17, 15) is 84.9 Å². The molecule has 3 aliphatic rings. The van der Waals surface area contributed by atoms with Gasteiger partial charge in [-0.15, -0.1) is 0 Å². The number of nitrogens with zero attached hydrogens (tertiary/aromatic N) is 2. The topological polar surface area (TPSA) is 475 Å². The Labute approximate surface area is 493 Å². The largest absolute Gasteiger partial charge is 0.481 e. The first kappa shape index (κ1) is 75.5. The van der Waals surface area contributed by atoms with E-state index in [1.807, 2.05) is 19.1 Å². The number of esters is 1. The first-order chi connectivity index (χ1) is 39.8. The zero-order chi connectivity index (χ0) is 64.1. The number of fused-ring (bicyclic) bond motifs is 2. The van der Waals surface area contributed by atoms with E-state index in [1.165, 1.54) is 13.0 Å². The number of hydrogen-bond donors (Lipinski definition) is 16. The van der Waals surface area contributed by atoms with Crippen LogP contribution in [0.1, 0.15) is 79.1 Å². The maximum absolute atomic E-state index is 12.6. The summed E-state index contributed by atoms with van der Waals surface area (Å²) < 4.78 is 23.1. The molecule has 482 valence electrons. The molecule has 2 fully saturated rings. The molecule has 85 heavy (non-hydrogen) atoms. The number of carboxylic acid groups (broad SMARTS) is 5. The third-order valence-corrected chi connectivity index (χ3v) is 14.2. The van der Waals surface area contributed by atoms with Crippen molar-refractivity contribution in [1.29, 1.82) is 0 Å². The second-order valence-corrected chi connectivity index (χ2v) is 21.6. The number of rotatable bonds is 14. The fourth-order valence-corrected chi connectivity index (χ4v) is 9.45. The Morgan fingerprint density at radius 1 is 0.576 bits per heavy atom. The van der Waals surface area contributed by atoms with Gasteiger partial charge in [0, 0.05) is 50.6 Å². The van der Waals surface area contributed by atoms with Gasteiger partial charge >= 0.3 is 35.8 Å². The van der Waals surface area contributed by atoms with Crippen LogP contribution in [-0.4, -0.2) is 259 Å². The molecule has 2 saturated heterocycles. The Morgan fingerprint density at radius 3 is 1.54 bits per heavy atom. The summed E-state index contributed by atoms with van der Waals surface area (Å²) in [5.41, 5.74) is 6.02. The molecule has 0 radical (unpaired) electrons. The van der Waals surface area contributed by atoms with Crippen molar-refractivity contribution in [2.24, 2.45) is 23.5 Å². The summed E-state index contributed by atoms with van der Waals surface area (Å²) in [6.45, 7) is 4.49. The predicted molar refractivity (Wildman–Crippen MR) is 300 cm³/mol. The second kappa shape index (κ2) is 38.5. The van der Waals surface area contributed by atoms with Crippen LogP contribution in [0.3, 0.4) is 0 Å². The number of nitrogens with two attached hydrogens (primary N) is 1. The first-order valence-corrected chi connectivity index (χ1v) is 27.8. The lowest BCUT2D eigenvalue weighted by Gasteiger charge is -2.45. The molecule has 3 heterocycles. The molecule has 0 aliphatic carbocycles. The van der Waals surface area contributed by atoms with Gasteiger partial charge in [0.15, 0.2) is 12.1 Å². The molecule has 0 aromatic carbocycles. The highest BCUT2D eigenvalue weighted by Crippen LogP contribution is 2.38. The van der Waals surface area contributed by atoms with Crippen molar-refractivity contribution in [2.45, 2.75) is 177 Å². The van der Waals surface area contributed by atoms with Crippen LogP contribution in [-0.2, 0) is 47.7 Å². The number of ether oxygens (including phenoxy) is 4. The fourth-order valence-electron chi connectivity index (χ4n) is 9.45. The Hall–Kier alpha value is -5.64. The van der Waals surface area contributed by atoms with Crippen LogP contribution < -0.4 is 5.73 Å². The highest BCUT2D eigenvalue weighted by molar-refractivity contribution is 5.74. The minimum atomic E-state index is -2.33. The van der Waals surface area contributed by atoms with E-state index in [0.717, 1.165) is 9.80 Å². The first-order valence-electron chi connectivity index (χ1n) is 27.8. The molecular weight excluding hydrogens is 1130 g/mol.